The quantitative estimate of drug-likeness (QED) is 0.779. The lowest BCUT2D eigenvalue weighted by Gasteiger charge is -2.12. The Morgan fingerprint density at radius 1 is 1.48 bits per heavy atom. The highest BCUT2D eigenvalue weighted by atomic mass is 35.5. The van der Waals surface area contributed by atoms with E-state index in [4.69, 9.17) is 16.7 Å². The van der Waals surface area contributed by atoms with Gasteiger partial charge >= 0.3 is 5.97 Å². The van der Waals surface area contributed by atoms with E-state index < -0.39 is 12.0 Å². The van der Waals surface area contributed by atoms with E-state index in [1.807, 2.05) is 29.7 Å². The van der Waals surface area contributed by atoms with Crippen LogP contribution in [0.3, 0.4) is 0 Å². The van der Waals surface area contributed by atoms with Gasteiger partial charge in [-0.2, -0.15) is 0 Å². The van der Waals surface area contributed by atoms with Crippen molar-refractivity contribution in [1.82, 2.24) is 14.9 Å². The predicted octanol–water partition coefficient (Wildman–Crippen LogP) is 2.52. The van der Waals surface area contributed by atoms with Gasteiger partial charge in [-0.15, -0.1) is 0 Å². The second-order valence-corrected chi connectivity index (χ2v) is 6.23. The molecule has 0 unspecified atom stereocenters. The highest BCUT2D eigenvalue weighted by Gasteiger charge is 2.16. The van der Waals surface area contributed by atoms with E-state index in [1.165, 1.54) is 18.7 Å². The van der Waals surface area contributed by atoms with Gasteiger partial charge in [0.25, 0.3) is 0 Å². The first kappa shape index (κ1) is 17.4. The molecule has 2 N–H and O–H groups in total. The standard InChI is InChI=1S/C15H16ClN3O3S/c1-9-11(16)4-3-5-12(9)19-7-6-17-15(19)23-8-13(20)18-10(2)14(21)22/h3-7,10H,8H2,1-2H3,(H,18,20)(H,21,22)/t10-/m1/s1. The van der Waals surface area contributed by atoms with Gasteiger partial charge < -0.3 is 10.4 Å². The van der Waals surface area contributed by atoms with Gasteiger partial charge in [-0.1, -0.05) is 29.4 Å². The molecular formula is C15H16ClN3O3S. The average Bonchev–Trinajstić information content (AvgIpc) is 2.96. The summed E-state index contributed by atoms with van der Waals surface area (Å²) < 4.78 is 1.85. The largest absolute Gasteiger partial charge is 0.480 e. The number of carbonyl (C=O) groups is 2. The summed E-state index contributed by atoms with van der Waals surface area (Å²) in [5.74, 6) is -1.35. The number of rotatable bonds is 6. The highest BCUT2D eigenvalue weighted by Crippen LogP contribution is 2.26. The van der Waals surface area contributed by atoms with Crippen LogP contribution in [0.4, 0.5) is 0 Å². The summed E-state index contributed by atoms with van der Waals surface area (Å²) in [5, 5.41) is 12.5. The lowest BCUT2D eigenvalue weighted by Crippen LogP contribution is -2.39. The van der Waals surface area contributed by atoms with Crippen molar-refractivity contribution in [2.24, 2.45) is 0 Å². The third-order valence-corrected chi connectivity index (χ3v) is 4.56. The number of carbonyl (C=O) groups excluding carboxylic acids is 1. The summed E-state index contributed by atoms with van der Waals surface area (Å²) in [5.41, 5.74) is 1.80. The van der Waals surface area contributed by atoms with Gasteiger partial charge in [0.2, 0.25) is 5.91 Å². The van der Waals surface area contributed by atoms with E-state index in [0.717, 1.165) is 11.3 Å². The van der Waals surface area contributed by atoms with E-state index in [2.05, 4.69) is 10.3 Å². The number of benzene rings is 1. The Kier molecular flexibility index (Phi) is 5.68. The smallest absolute Gasteiger partial charge is 0.325 e. The minimum atomic E-state index is -1.07. The third kappa shape index (κ3) is 4.27. The average molecular weight is 354 g/mol. The van der Waals surface area contributed by atoms with Crippen molar-refractivity contribution in [3.8, 4) is 5.69 Å². The SMILES string of the molecule is Cc1c(Cl)cccc1-n1ccnc1SCC(=O)N[C@H](C)C(=O)O. The van der Waals surface area contributed by atoms with E-state index >= 15 is 0 Å². The molecular weight excluding hydrogens is 338 g/mol. The number of imidazole rings is 1. The van der Waals surface area contributed by atoms with Crippen LogP contribution < -0.4 is 5.32 Å². The molecule has 0 radical (unpaired) electrons. The molecule has 8 heteroatoms. The lowest BCUT2D eigenvalue weighted by atomic mass is 10.2. The zero-order valence-corrected chi connectivity index (χ0v) is 14.2. The number of thioether (sulfide) groups is 1. The summed E-state index contributed by atoms with van der Waals surface area (Å²) >= 11 is 7.37. The lowest BCUT2D eigenvalue weighted by molar-refractivity contribution is -0.140. The Hall–Kier alpha value is -1.99. The fourth-order valence-corrected chi connectivity index (χ4v) is 2.86. The molecule has 122 valence electrons. The minimum Gasteiger partial charge on any atom is -0.480 e. The normalized spacial score (nSPS) is 12.0. The maximum atomic E-state index is 11.8. The van der Waals surface area contributed by atoms with Gasteiger partial charge in [-0.25, -0.2) is 4.98 Å². The highest BCUT2D eigenvalue weighted by molar-refractivity contribution is 7.99. The predicted molar refractivity (Wildman–Crippen MR) is 89.3 cm³/mol. The molecule has 1 atom stereocenters. The van der Waals surface area contributed by atoms with Crippen LogP contribution in [0.2, 0.25) is 5.02 Å². The van der Waals surface area contributed by atoms with Gasteiger partial charge in [0, 0.05) is 17.4 Å². The Bertz CT molecular complexity index is 733. The summed E-state index contributed by atoms with van der Waals surface area (Å²) in [6.45, 7) is 3.33. The summed E-state index contributed by atoms with van der Waals surface area (Å²) in [7, 11) is 0. The molecule has 1 amide bonds. The third-order valence-electron chi connectivity index (χ3n) is 3.19. The molecule has 2 aromatic rings. The van der Waals surface area contributed by atoms with Gasteiger partial charge in [0.15, 0.2) is 5.16 Å². The monoisotopic (exact) mass is 353 g/mol. The van der Waals surface area contributed by atoms with Gasteiger partial charge in [0.05, 0.1) is 11.4 Å². The number of carboxylic acids is 1. The van der Waals surface area contributed by atoms with Crippen molar-refractivity contribution < 1.29 is 14.7 Å². The summed E-state index contributed by atoms with van der Waals surface area (Å²) in [6, 6.07) is 4.66. The molecule has 1 aromatic heterocycles. The number of amides is 1. The van der Waals surface area contributed by atoms with E-state index in [0.29, 0.717) is 10.2 Å². The van der Waals surface area contributed by atoms with Crippen LogP contribution in [0.1, 0.15) is 12.5 Å². The molecule has 0 fully saturated rings. The molecule has 0 aliphatic rings. The Morgan fingerprint density at radius 3 is 2.91 bits per heavy atom. The fourth-order valence-electron chi connectivity index (χ4n) is 1.91. The fraction of sp³-hybridized carbons (Fsp3) is 0.267. The second-order valence-electron chi connectivity index (χ2n) is 4.88. The number of aliphatic carboxylic acids is 1. The van der Waals surface area contributed by atoms with Crippen molar-refractivity contribution in [3.05, 3.63) is 41.2 Å². The van der Waals surface area contributed by atoms with Gasteiger partial charge in [-0.3, -0.25) is 14.2 Å². The van der Waals surface area contributed by atoms with Crippen molar-refractivity contribution >= 4 is 35.2 Å². The Morgan fingerprint density at radius 2 is 2.22 bits per heavy atom. The van der Waals surface area contributed by atoms with Crippen molar-refractivity contribution in [3.63, 3.8) is 0 Å². The number of halogens is 1. The van der Waals surface area contributed by atoms with E-state index in [1.54, 1.807) is 12.4 Å². The maximum absolute atomic E-state index is 11.8. The molecule has 0 spiro atoms. The van der Waals surface area contributed by atoms with Crippen molar-refractivity contribution in [2.45, 2.75) is 25.0 Å². The Labute approximate surface area is 142 Å². The van der Waals surface area contributed by atoms with Crippen molar-refractivity contribution in [1.29, 1.82) is 0 Å². The zero-order chi connectivity index (χ0) is 17.0. The topological polar surface area (TPSA) is 84.2 Å². The molecule has 2 rings (SSSR count). The van der Waals surface area contributed by atoms with E-state index in [-0.39, 0.29) is 11.7 Å². The first-order chi connectivity index (χ1) is 10.9. The second kappa shape index (κ2) is 7.52. The number of hydrogen-bond acceptors (Lipinski definition) is 4. The van der Waals surface area contributed by atoms with E-state index in [9.17, 15) is 9.59 Å². The van der Waals surface area contributed by atoms with Gasteiger partial charge in [0.1, 0.15) is 6.04 Å². The van der Waals surface area contributed by atoms with Crippen LogP contribution in [0, 0.1) is 6.92 Å². The van der Waals surface area contributed by atoms with Crippen LogP contribution in [0.25, 0.3) is 5.69 Å². The summed E-state index contributed by atoms with van der Waals surface area (Å²) in [4.78, 5) is 26.7. The van der Waals surface area contributed by atoms with Gasteiger partial charge in [-0.05, 0) is 31.5 Å². The van der Waals surface area contributed by atoms with Crippen LogP contribution in [-0.4, -0.2) is 38.3 Å². The molecule has 0 aliphatic heterocycles. The minimum absolute atomic E-state index is 0.0776. The molecule has 6 nitrogen and oxygen atoms in total. The number of nitrogens with zero attached hydrogens (tertiary/aromatic N) is 2. The molecule has 1 aromatic carbocycles. The van der Waals surface area contributed by atoms with Crippen molar-refractivity contribution in [2.75, 3.05) is 5.75 Å². The van der Waals surface area contributed by atoms with Crippen LogP contribution >= 0.6 is 23.4 Å². The molecule has 23 heavy (non-hydrogen) atoms. The molecule has 1 heterocycles. The first-order valence-corrected chi connectivity index (χ1v) is 8.20. The zero-order valence-electron chi connectivity index (χ0n) is 12.6. The summed E-state index contributed by atoms with van der Waals surface area (Å²) in [6.07, 6.45) is 3.43. The van der Waals surface area contributed by atoms with Crippen LogP contribution in [-0.2, 0) is 9.59 Å². The molecule has 0 saturated carbocycles. The number of aromatic nitrogens is 2. The van der Waals surface area contributed by atoms with Crippen LogP contribution in [0.15, 0.2) is 35.7 Å². The first-order valence-electron chi connectivity index (χ1n) is 6.84. The Balaban J connectivity index is 2.09. The number of carboxylic acid groups (broad SMARTS) is 1. The number of nitrogens with one attached hydrogen (secondary N) is 1. The molecule has 0 aliphatic carbocycles. The maximum Gasteiger partial charge on any atom is 0.325 e. The molecule has 0 saturated heterocycles. The molecule has 0 bridgehead atoms. The number of hydrogen-bond donors (Lipinski definition) is 2. The van der Waals surface area contributed by atoms with Crippen LogP contribution in [0.5, 0.6) is 0 Å².